The van der Waals surface area contributed by atoms with Crippen molar-refractivity contribution < 1.29 is 13.2 Å². The highest BCUT2D eigenvalue weighted by atomic mass is 35.5. The van der Waals surface area contributed by atoms with Crippen molar-refractivity contribution in [2.24, 2.45) is 5.73 Å². The fourth-order valence-electron chi connectivity index (χ4n) is 2.04. The van der Waals surface area contributed by atoms with Crippen LogP contribution in [-0.2, 0) is 12.8 Å². The van der Waals surface area contributed by atoms with Gasteiger partial charge in [0.2, 0.25) is 0 Å². The summed E-state index contributed by atoms with van der Waals surface area (Å²) in [5.41, 5.74) is 6.34. The van der Waals surface area contributed by atoms with Crippen molar-refractivity contribution in [3.8, 4) is 0 Å². The Balaban J connectivity index is 2.13. The van der Waals surface area contributed by atoms with Gasteiger partial charge in [0, 0.05) is 16.6 Å². The number of halogens is 4. The van der Waals surface area contributed by atoms with E-state index < -0.39 is 23.5 Å². The van der Waals surface area contributed by atoms with Gasteiger partial charge in [-0.1, -0.05) is 17.7 Å². The molecule has 0 aliphatic carbocycles. The first-order valence-corrected chi connectivity index (χ1v) is 6.47. The number of hydrogen-bond acceptors (Lipinski definition) is 1. The Morgan fingerprint density at radius 2 is 1.75 bits per heavy atom. The van der Waals surface area contributed by atoms with Crippen molar-refractivity contribution in [1.82, 2.24) is 0 Å². The van der Waals surface area contributed by atoms with E-state index in [-0.39, 0.29) is 23.4 Å². The number of benzene rings is 2. The van der Waals surface area contributed by atoms with E-state index >= 15 is 0 Å². The maximum Gasteiger partial charge on any atom is 0.127 e. The van der Waals surface area contributed by atoms with Gasteiger partial charge in [-0.15, -0.1) is 0 Å². The molecule has 2 aromatic rings. The fraction of sp³-hybridized carbons (Fsp3) is 0.200. The van der Waals surface area contributed by atoms with E-state index in [1.807, 2.05) is 0 Å². The van der Waals surface area contributed by atoms with Crippen molar-refractivity contribution in [2.75, 3.05) is 0 Å². The zero-order valence-electron chi connectivity index (χ0n) is 10.5. The minimum absolute atomic E-state index is 0.105. The predicted octanol–water partition coefficient (Wildman–Crippen LogP) is 3.87. The third kappa shape index (κ3) is 3.52. The van der Waals surface area contributed by atoms with Crippen LogP contribution in [0, 0.1) is 17.5 Å². The van der Waals surface area contributed by atoms with Crippen LogP contribution in [0.2, 0.25) is 5.02 Å². The molecule has 0 spiro atoms. The molecule has 0 aliphatic rings. The summed E-state index contributed by atoms with van der Waals surface area (Å²) in [5, 5.41) is 0.278. The lowest BCUT2D eigenvalue weighted by Crippen LogP contribution is -2.26. The fourth-order valence-corrected chi connectivity index (χ4v) is 2.28. The molecule has 5 heteroatoms. The molecule has 0 amide bonds. The summed E-state index contributed by atoms with van der Waals surface area (Å²) in [6.45, 7) is 0. The van der Waals surface area contributed by atoms with Gasteiger partial charge < -0.3 is 5.73 Å². The summed E-state index contributed by atoms with van der Waals surface area (Å²) in [6, 6.07) is 6.98. The summed E-state index contributed by atoms with van der Waals surface area (Å²) >= 11 is 5.90. The summed E-state index contributed by atoms with van der Waals surface area (Å²) in [7, 11) is 0. The normalized spacial score (nSPS) is 12.4. The van der Waals surface area contributed by atoms with E-state index in [0.717, 1.165) is 18.2 Å². The number of rotatable bonds is 4. The SMILES string of the molecule is NC(Cc1cc(F)ccc1F)Cc1c(F)cccc1Cl. The van der Waals surface area contributed by atoms with Gasteiger partial charge in [0.25, 0.3) is 0 Å². The Labute approximate surface area is 120 Å². The first-order chi connectivity index (χ1) is 9.47. The largest absolute Gasteiger partial charge is 0.327 e. The van der Waals surface area contributed by atoms with Crippen LogP contribution in [-0.4, -0.2) is 6.04 Å². The third-order valence-corrected chi connectivity index (χ3v) is 3.37. The second-order valence-electron chi connectivity index (χ2n) is 4.60. The van der Waals surface area contributed by atoms with Crippen LogP contribution in [0.3, 0.4) is 0 Å². The zero-order chi connectivity index (χ0) is 14.7. The predicted molar refractivity (Wildman–Crippen MR) is 73.2 cm³/mol. The van der Waals surface area contributed by atoms with Crippen molar-refractivity contribution in [2.45, 2.75) is 18.9 Å². The maximum absolute atomic E-state index is 13.6. The summed E-state index contributed by atoms with van der Waals surface area (Å²) < 4.78 is 40.2. The van der Waals surface area contributed by atoms with Crippen molar-refractivity contribution >= 4 is 11.6 Å². The molecule has 2 rings (SSSR count). The van der Waals surface area contributed by atoms with Gasteiger partial charge in [0.15, 0.2) is 0 Å². The minimum Gasteiger partial charge on any atom is -0.327 e. The van der Waals surface area contributed by atoms with E-state index in [2.05, 4.69) is 0 Å². The molecule has 106 valence electrons. The zero-order valence-corrected chi connectivity index (χ0v) is 11.3. The number of hydrogen-bond donors (Lipinski definition) is 1. The Morgan fingerprint density at radius 3 is 2.45 bits per heavy atom. The molecule has 0 heterocycles. The third-order valence-electron chi connectivity index (χ3n) is 3.02. The molecular formula is C15H13ClF3N. The van der Waals surface area contributed by atoms with Gasteiger partial charge in [-0.3, -0.25) is 0 Å². The van der Waals surface area contributed by atoms with Crippen LogP contribution in [0.4, 0.5) is 13.2 Å². The molecule has 1 atom stereocenters. The molecule has 0 aliphatic heterocycles. The van der Waals surface area contributed by atoms with Crippen molar-refractivity contribution in [3.63, 3.8) is 0 Å². The molecule has 0 bridgehead atoms. The first kappa shape index (κ1) is 14.9. The van der Waals surface area contributed by atoms with Crippen LogP contribution >= 0.6 is 11.6 Å². The van der Waals surface area contributed by atoms with Crippen LogP contribution in [0.15, 0.2) is 36.4 Å². The lowest BCUT2D eigenvalue weighted by molar-refractivity contribution is 0.555. The topological polar surface area (TPSA) is 26.0 Å². The summed E-state index contributed by atoms with van der Waals surface area (Å²) in [4.78, 5) is 0. The van der Waals surface area contributed by atoms with Crippen LogP contribution < -0.4 is 5.73 Å². The Kier molecular flexibility index (Phi) is 4.68. The average Bonchev–Trinajstić information content (AvgIpc) is 2.38. The standard InChI is InChI=1S/C15H13ClF3N/c16-13-2-1-3-15(19)12(13)8-11(20)7-9-6-10(17)4-5-14(9)18/h1-6,11H,7-8,20H2. The second-order valence-corrected chi connectivity index (χ2v) is 5.01. The molecule has 0 aromatic heterocycles. The van der Waals surface area contributed by atoms with E-state index in [0.29, 0.717) is 5.56 Å². The summed E-state index contributed by atoms with van der Waals surface area (Å²) in [6.07, 6.45) is 0.260. The van der Waals surface area contributed by atoms with Gasteiger partial charge in [-0.05, 0) is 48.7 Å². The minimum atomic E-state index is -0.555. The highest BCUT2D eigenvalue weighted by molar-refractivity contribution is 6.31. The van der Waals surface area contributed by atoms with Crippen molar-refractivity contribution in [3.05, 3.63) is 70.0 Å². The first-order valence-electron chi connectivity index (χ1n) is 6.09. The number of nitrogens with two attached hydrogens (primary N) is 1. The molecule has 0 saturated carbocycles. The molecule has 20 heavy (non-hydrogen) atoms. The van der Waals surface area contributed by atoms with Gasteiger partial charge in [0.1, 0.15) is 17.5 Å². The average molecular weight is 300 g/mol. The molecule has 1 nitrogen and oxygen atoms in total. The van der Waals surface area contributed by atoms with E-state index in [4.69, 9.17) is 17.3 Å². The molecule has 2 aromatic carbocycles. The molecule has 0 radical (unpaired) electrons. The highest BCUT2D eigenvalue weighted by Crippen LogP contribution is 2.21. The quantitative estimate of drug-likeness (QED) is 0.911. The smallest absolute Gasteiger partial charge is 0.127 e. The van der Waals surface area contributed by atoms with Gasteiger partial charge in [-0.2, -0.15) is 0 Å². The van der Waals surface area contributed by atoms with Crippen LogP contribution in [0.1, 0.15) is 11.1 Å². The highest BCUT2D eigenvalue weighted by Gasteiger charge is 2.14. The van der Waals surface area contributed by atoms with Gasteiger partial charge >= 0.3 is 0 Å². The van der Waals surface area contributed by atoms with Crippen LogP contribution in [0.25, 0.3) is 0 Å². The lowest BCUT2D eigenvalue weighted by Gasteiger charge is -2.14. The molecule has 1 unspecified atom stereocenters. The Morgan fingerprint density at radius 1 is 1.00 bits per heavy atom. The molecule has 0 fully saturated rings. The Bertz CT molecular complexity index is 596. The van der Waals surface area contributed by atoms with Crippen molar-refractivity contribution in [1.29, 1.82) is 0 Å². The maximum atomic E-state index is 13.6. The van der Waals surface area contributed by atoms with E-state index in [1.165, 1.54) is 12.1 Å². The lowest BCUT2D eigenvalue weighted by atomic mass is 9.99. The molecular weight excluding hydrogens is 287 g/mol. The molecule has 0 saturated heterocycles. The van der Waals surface area contributed by atoms with E-state index in [9.17, 15) is 13.2 Å². The van der Waals surface area contributed by atoms with E-state index in [1.54, 1.807) is 6.07 Å². The Hall–Kier alpha value is -1.52. The van der Waals surface area contributed by atoms with Gasteiger partial charge in [-0.25, -0.2) is 13.2 Å². The van der Waals surface area contributed by atoms with Crippen LogP contribution in [0.5, 0.6) is 0 Å². The van der Waals surface area contributed by atoms with Gasteiger partial charge in [0.05, 0.1) is 0 Å². The molecule has 2 N–H and O–H groups in total. The summed E-state index contributed by atoms with van der Waals surface area (Å²) in [5.74, 6) is -1.51. The monoisotopic (exact) mass is 299 g/mol. The second kappa shape index (κ2) is 6.29.